The van der Waals surface area contributed by atoms with E-state index in [1.54, 1.807) is 4.90 Å². The molecule has 152 valence electrons. The normalized spacial score (nSPS) is 14.7. The number of rotatable bonds is 7. The first-order valence-corrected chi connectivity index (χ1v) is 11.8. The van der Waals surface area contributed by atoms with Crippen LogP contribution in [0.5, 0.6) is 5.75 Å². The third-order valence-electron chi connectivity index (χ3n) is 3.91. The van der Waals surface area contributed by atoms with E-state index in [-0.39, 0.29) is 21.5 Å². The summed E-state index contributed by atoms with van der Waals surface area (Å²) in [6, 6.07) is 4.18. The van der Waals surface area contributed by atoms with E-state index < -0.39 is 10.0 Å². The van der Waals surface area contributed by atoms with Gasteiger partial charge in [-0.1, -0.05) is 30.0 Å². The van der Waals surface area contributed by atoms with Gasteiger partial charge >= 0.3 is 0 Å². The molecule has 0 bridgehead atoms. The first kappa shape index (κ1) is 20.8. The van der Waals surface area contributed by atoms with Crippen LogP contribution in [0.4, 0.5) is 5.13 Å². The SMILES string of the molecule is CCSc1nnc(NS(=O)(=O)c2ccc(OC)c(C(=O)N3CCOCC3)c2)s1. The Morgan fingerprint density at radius 3 is 2.79 bits per heavy atom. The molecule has 1 aromatic heterocycles. The Hall–Kier alpha value is -1.89. The topological polar surface area (TPSA) is 111 Å². The fourth-order valence-corrected chi connectivity index (χ4v) is 5.47. The Kier molecular flexibility index (Phi) is 6.75. The predicted octanol–water partition coefficient (Wildman–Crippen LogP) is 1.93. The number of nitrogens with zero attached hydrogens (tertiary/aromatic N) is 3. The number of hydrogen-bond donors (Lipinski definition) is 1. The van der Waals surface area contributed by atoms with Crippen LogP contribution in [0, 0.1) is 0 Å². The third kappa shape index (κ3) is 4.74. The van der Waals surface area contributed by atoms with Gasteiger partial charge in [-0.3, -0.25) is 9.52 Å². The Morgan fingerprint density at radius 1 is 1.36 bits per heavy atom. The van der Waals surface area contributed by atoms with E-state index in [2.05, 4.69) is 14.9 Å². The standard InChI is InChI=1S/C16H20N4O5S3/c1-3-26-16-18-17-15(27-16)19-28(22,23)11-4-5-13(24-2)12(10-11)14(21)20-6-8-25-9-7-20/h4-5,10H,3,6-9H2,1-2H3,(H,17,19). The van der Waals surface area contributed by atoms with E-state index in [1.807, 2.05) is 6.92 Å². The predicted molar refractivity (Wildman–Crippen MR) is 107 cm³/mol. The van der Waals surface area contributed by atoms with Crippen molar-refractivity contribution in [3.8, 4) is 5.75 Å². The van der Waals surface area contributed by atoms with Crippen LogP contribution in [-0.4, -0.2) is 68.6 Å². The van der Waals surface area contributed by atoms with E-state index >= 15 is 0 Å². The molecule has 1 aliphatic rings. The second-order valence-electron chi connectivity index (χ2n) is 5.68. The number of carbonyl (C=O) groups is 1. The number of hydrogen-bond acceptors (Lipinski definition) is 9. The molecular weight excluding hydrogens is 424 g/mol. The van der Waals surface area contributed by atoms with Crippen molar-refractivity contribution in [2.45, 2.75) is 16.2 Å². The van der Waals surface area contributed by atoms with Crippen LogP contribution >= 0.6 is 23.1 Å². The summed E-state index contributed by atoms with van der Waals surface area (Å²) in [6.45, 7) is 3.76. The molecule has 1 saturated heterocycles. The molecule has 0 atom stereocenters. The van der Waals surface area contributed by atoms with Crippen molar-refractivity contribution in [2.75, 3.05) is 43.9 Å². The summed E-state index contributed by atoms with van der Waals surface area (Å²) in [7, 11) is -2.49. The van der Waals surface area contributed by atoms with Crippen molar-refractivity contribution < 1.29 is 22.7 Å². The van der Waals surface area contributed by atoms with Crippen LogP contribution in [0.3, 0.4) is 0 Å². The maximum absolute atomic E-state index is 12.8. The van der Waals surface area contributed by atoms with Gasteiger partial charge in [0, 0.05) is 13.1 Å². The van der Waals surface area contributed by atoms with Crippen molar-refractivity contribution in [1.82, 2.24) is 15.1 Å². The molecule has 2 heterocycles. The maximum Gasteiger partial charge on any atom is 0.263 e. The Bertz CT molecular complexity index is 942. The Balaban J connectivity index is 1.87. The lowest BCUT2D eigenvalue weighted by Gasteiger charge is -2.27. The molecule has 1 aromatic carbocycles. The number of aromatic nitrogens is 2. The molecule has 28 heavy (non-hydrogen) atoms. The lowest BCUT2D eigenvalue weighted by Crippen LogP contribution is -2.40. The number of thioether (sulfide) groups is 1. The number of sulfonamides is 1. The highest BCUT2D eigenvalue weighted by Gasteiger charge is 2.25. The lowest BCUT2D eigenvalue weighted by molar-refractivity contribution is 0.0300. The summed E-state index contributed by atoms with van der Waals surface area (Å²) < 4.78 is 39.1. The van der Waals surface area contributed by atoms with Crippen molar-refractivity contribution >= 4 is 44.2 Å². The quantitative estimate of drug-likeness (QED) is 0.645. The third-order valence-corrected chi connectivity index (χ3v) is 7.23. The van der Waals surface area contributed by atoms with Gasteiger partial charge in [-0.05, 0) is 24.0 Å². The molecule has 2 aromatic rings. The number of ether oxygens (including phenoxy) is 2. The van der Waals surface area contributed by atoms with Crippen LogP contribution in [0.1, 0.15) is 17.3 Å². The molecule has 0 spiro atoms. The highest BCUT2D eigenvalue weighted by atomic mass is 32.2. The van der Waals surface area contributed by atoms with Crippen molar-refractivity contribution in [2.24, 2.45) is 0 Å². The summed E-state index contributed by atoms with van der Waals surface area (Å²) in [6.07, 6.45) is 0. The lowest BCUT2D eigenvalue weighted by atomic mass is 10.1. The minimum atomic E-state index is -3.93. The van der Waals surface area contributed by atoms with Crippen molar-refractivity contribution in [3.05, 3.63) is 23.8 Å². The van der Waals surface area contributed by atoms with E-state index in [4.69, 9.17) is 9.47 Å². The summed E-state index contributed by atoms with van der Waals surface area (Å²) in [5.41, 5.74) is 0.187. The Morgan fingerprint density at radius 2 is 2.11 bits per heavy atom. The van der Waals surface area contributed by atoms with Crippen LogP contribution in [0.2, 0.25) is 0 Å². The number of anilines is 1. The molecule has 1 fully saturated rings. The first-order valence-electron chi connectivity index (χ1n) is 8.48. The van der Waals surface area contributed by atoms with E-state index in [0.29, 0.717) is 36.4 Å². The number of nitrogens with one attached hydrogen (secondary N) is 1. The zero-order valence-corrected chi connectivity index (χ0v) is 17.8. The Labute approximate surface area is 171 Å². The molecule has 1 amide bonds. The highest BCUT2D eigenvalue weighted by Crippen LogP contribution is 2.29. The second kappa shape index (κ2) is 9.07. The van der Waals surface area contributed by atoms with Gasteiger partial charge in [0.1, 0.15) is 5.75 Å². The van der Waals surface area contributed by atoms with E-state index in [0.717, 1.165) is 17.1 Å². The first-order chi connectivity index (χ1) is 13.4. The van der Waals surface area contributed by atoms with E-state index in [1.165, 1.54) is 37.1 Å². The minimum absolute atomic E-state index is 0.0511. The van der Waals surface area contributed by atoms with Crippen molar-refractivity contribution in [3.63, 3.8) is 0 Å². The minimum Gasteiger partial charge on any atom is -0.496 e. The molecule has 9 nitrogen and oxygen atoms in total. The monoisotopic (exact) mass is 444 g/mol. The summed E-state index contributed by atoms with van der Waals surface area (Å²) in [4.78, 5) is 14.4. The fourth-order valence-electron chi connectivity index (χ4n) is 2.56. The smallest absolute Gasteiger partial charge is 0.263 e. The maximum atomic E-state index is 12.8. The zero-order valence-electron chi connectivity index (χ0n) is 15.4. The van der Waals surface area contributed by atoms with Gasteiger partial charge in [0.2, 0.25) is 5.13 Å². The molecule has 0 saturated carbocycles. The van der Waals surface area contributed by atoms with Gasteiger partial charge in [0.15, 0.2) is 4.34 Å². The summed E-state index contributed by atoms with van der Waals surface area (Å²) >= 11 is 2.63. The van der Waals surface area contributed by atoms with Crippen LogP contribution in [-0.2, 0) is 14.8 Å². The van der Waals surface area contributed by atoms with E-state index in [9.17, 15) is 13.2 Å². The summed E-state index contributed by atoms with van der Waals surface area (Å²) in [5.74, 6) is 0.829. The van der Waals surface area contributed by atoms with Crippen molar-refractivity contribution in [1.29, 1.82) is 0 Å². The van der Waals surface area contributed by atoms with Gasteiger partial charge in [0.05, 0.1) is 30.8 Å². The number of benzene rings is 1. The largest absolute Gasteiger partial charge is 0.496 e. The summed E-state index contributed by atoms with van der Waals surface area (Å²) in [5, 5.41) is 7.96. The van der Waals surface area contributed by atoms with Gasteiger partial charge in [-0.25, -0.2) is 8.42 Å². The molecule has 0 radical (unpaired) electrons. The molecule has 1 aliphatic heterocycles. The zero-order chi connectivity index (χ0) is 20.1. The average Bonchev–Trinajstić information content (AvgIpc) is 3.14. The van der Waals surface area contributed by atoms with Gasteiger partial charge in [-0.2, -0.15) is 0 Å². The number of amides is 1. The number of carbonyl (C=O) groups excluding carboxylic acids is 1. The molecule has 0 aliphatic carbocycles. The number of morpholine rings is 1. The molecule has 0 unspecified atom stereocenters. The van der Waals surface area contributed by atoms with Gasteiger partial charge < -0.3 is 14.4 Å². The van der Waals surface area contributed by atoms with Crippen LogP contribution < -0.4 is 9.46 Å². The average molecular weight is 445 g/mol. The highest BCUT2D eigenvalue weighted by molar-refractivity contribution is 8.01. The van der Waals surface area contributed by atoms with Crippen LogP contribution in [0.25, 0.3) is 0 Å². The van der Waals surface area contributed by atoms with Crippen LogP contribution in [0.15, 0.2) is 27.4 Å². The number of methoxy groups -OCH3 is 1. The fraction of sp³-hybridized carbons (Fsp3) is 0.438. The molecular formula is C16H20N4O5S3. The van der Waals surface area contributed by atoms with Gasteiger partial charge in [-0.15, -0.1) is 10.2 Å². The van der Waals surface area contributed by atoms with Gasteiger partial charge in [0.25, 0.3) is 15.9 Å². The molecule has 3 rings (SSSR count). The molecule has 1 N–H and O–H groups in total. The second-order valence-corrected chi connectivity index (χ2v) is 9.85. The molecule has 12 heteroatoms.